The maximum Gasteiger partial charge on any atom is 0.0110 e. The van der Waals surface area contributed by atoms with Crippen molar-refractivity contribution >= 4 is 0 Å². The molecule has 0 aromatic heterocycles. The summed E-state index contributed by atoms with van der Waals surface area (Å²) < 4.78 is 0. The topological polar surface area (TPSA) is 9.72 Å². The molecule has 17 heavy (non-hydrogen) atoms. The number of piperidine rings is 1. The molecule has 2 fully saturated rings. The molecule has 0 amide bonds. The lowest BCUT2D eigenvalue weighted by Crippen LogP contribution is -2.47. The average molecular weight is 239 g/mol. The summed E-state index contributed by atoms with van der Waals surface area (Å²) in [5, 5.41) is 0. The molecule has 0 bridgehead atoms. The average Bonchev–Trinajstić information content (AvgIpc) is 2.33. The van der Waals surface area contributed by atoms with E-state index < -0.39 is 0 Å². The van der Waals surface area contributed by atoms with E-state index in [0.717, 1.165) is 5.92 Å². The molecular formula is C14H29N3. The lowest BCUT2D eigenvalue weighted by molar-refractivity contribution is 0.120. The van der Waals surface area contributed by atoms with Crippen molar-refractivity contribution in [2.45, 2.75) is 26.2 Å². The monoisotopic (exact) mass is 239 g/mol. The Labute approximate surface area is 107 Å². The van der Waals surface area contributed by atoms with Gasteiger partial charge in [0.25, 0.3) is 0 Å². The van der Waals surface area contributed by atoms with Gasteiger partial charge in [-0.05, 0) is 38.9 Å². The van der Waals surface area contributed by atoms with Crippen molar-refractivity contribution in [3.63, 3.8) is 0 Å². The number of hydrogen-bond donors (Lipinski definition) is 0. The predicted molar refractivity (Wildman–Crippen MR) is 73.4 cm³/mol. The van der Waals surface area contributed by atoms with Crippen molar-refractivity contribution in [2.75, 3.05) is 59.4 Å². The smallest absolute Gasteiger partial charge is 0.0110 e. The third-order valence-electron chi connectivity index (χ3n) is 4.18. The molecule has 2 rings (SSSR count). The van der Waals surface area contributed by atoms with Gasteiger partial charge in [0.15, 0.2) is 0 Å². The molecule has 2 heterocycles. The lowest BCUT2D eigenvalue weighted by Gasteiger charge is -2.35. The van der Waals surface area contributed by atoms with Gasteiger partial charge in [0.1, 0.15) is 0 Å². The van der Waals surface area contributed by atoms with Gasteiger partial charge < -0.3 is 14.7 Å². The van der Waals surface area contributed by atoms with E-state index in [1.54, 1.807) is 0 Å². The highest BCUT2D eigenvalue weighted by Crippen LogP contribution is 2.12. The van der Waals surface area contributed by atoms with Crippen LogP contribution in [0.4, 0.5) is 0 Å². The second-order valence-electron chi connectivity index (χ2n) is 6.07. The Bertz CT molecular complexity index is 206. The molecule has 0 aromatic carbocycles. The number of piperazine rings is 1. The molecule has 1 atom stereocenters. The summed E-state index contributed by atoms with van der Waals surface area (Å²) in [5.74, 6) is 0.830. The van der Waals surface area contributed by atoms with Gasteiger partial charge in [-0.15, -0.1) is 0 Å². The number of likely N-dealkylation sites (tertiary alicyclic amines) is 1. The minimum atomic E-state index is 0.830. The number of rotatable bonds is 4. The molecule has 100 valence electrons. The minimum Gasteiger partial charge on any atom is -0.304 e. The zero-order valence-electron chi connectivity index (χ0n) is 11.7. The van der Waals surface area contributed by atoms with Gasteiger partial charge in [-0.25, -0.2) is 0 Å². The highest BCUT2D eigenvalue weighted by Gasteiger charge is 2.18. The standard InChI is InChI=1S/C14H29N3/c1-14(12-16-6-4-3-5-7-16)13-17-10-8-15(2)9-11-17/h14H,3-13H2,1-2H3. The highest BCUT2D eigenvalue weighted by atomic mass is 15.2. The number of hydrogen-bond acceptors (Lipinski definition) is 3. The summed E-state index contributed by atoms with van der Waals surface area (Å²) >= 11 is 0. The molecule has 0 aromatic rings. The predicted octanol–water partition coefficient (Wildman–Crippen LogP) is 1.36. The van der Waals surface area contributed by atoms with Crippen LogP contribution in [-0.2, 0) is 0 Å². The Kier molecular flexibility index (Phi) is 5.26. The van der Waals surface area contributed by atoms with E-state index in [4.69, 9.17) is 0 Å². The summed E-state index contributed by atoms with van der Waals surface area (Å²) in [6, 6.07) is 0. The zero-order valence-corrected chi connectivity index (χ0v) is 11.7. The minimum absolute atomic E-state index is 0.830. The highest BCUT2D eigenvalue weighted by molar-refractivity contribution is 4.74. The summed E-state index contributed by atoms with van der Waals surface area (Å²) in [4.78, 5) is 7.75. The first-order valence-electron chi connectivity index (χ1n) is 7.37. The van der Waals surface area contributed by atoms with Crippen LogP contribution >= 0.6 is 0 Å². The van der Waals surface area contributed by atoms with Gasteiger partial charge in [0.2, 0.25) is 0 Å². The summed E-state index contributed by atoms with van der Waals surface area (Å²) in [6.45, 7) is 12.7. The first-order valence-corrected chi connectivity index (χ1v) is 7.37. The Hall–Kier alpha value is -0.120. The van der Waals surface area contributed by atoms with E-state index in [1.165, 1.54) is 71.6 Å². The van der Waals surface area contributed by atoms with Crippen molar-refractivity contribution in [3.8, 4) is 0 Å². The van der Waals surface area contributed by atoms with Gasteiger partial charge in [-0.3, -0.25) is 0 Å². The van der Waals surface area contributed by atoms with Gasteiger partial charge in [-0.2, -0.15) is 0 Å². The molecular weight excluding hydrogens is 210 g/mol. The molecule has 2 aliphatic heterocycles. The molecule has 0 radical (unpaired) electrons. The van der Waals surface area contributed by atoms with E-state index in [1.807, 2.05) is 0 Å². The van der Waals surface area contributed by atoms with E-state index in [2.05, 4.69) is 28.7 Å². The van der Waals surface area contributed by atoms with Crippen LogP contribution < -0.4 is 0 Å². The van der Waals surface area contributed by atoms with Crippen molar-refractivity contribution in [2.24, 2.45) is 5.92 Å². The fourth-order valence-electron chi connectivity index (χ4n) is 3.11. The number of nitrogens with zero attached hydrogens (tertiary/aromatic N) is 3. The zero-order chi connectivity index (χ0) is 12.1. The summed E-state index contributed by atoms with van der Waals surface area (Å²) in [7, 11) is 2.23. The fraction of sp³-hybridized carbons (Fsp3) is 1.00. The molecule has 0 aliphatic carbocycles. The lowest BCUT2D eigenvalue weighted by atomic mass is 10.1. The van der Waals surface area contributed by atoms with Gasteiger partial charge >= 0.3 is 0 Å². The van der Waals surface area contributed by atoms with Crippen LogP contribution in [0.15, 0.2) is 0 Å². The van der Waals surface area contributed by atoms with Crippen LogP contribution in [0.1, 0.15) is 26.2 Å². The first-order chi connectivity index (χ1) is 8.24. The Morgan fingerprint density at radius 2 is 1.29 bits per heavy atom. The molecule has 0 N–H and O–H groups in total. The second kappa shape index (κ2) is 6.72. The molecule has 0 saturated carbocycles. The third-order valence-corrected chi connectivity index (χ3v) is 4.18. The van der Waals surface area contributed by atoms with Crippen molar-refractivity contribution < 1.29 is 0 Å². The van der Waals surface area contributed by atoms with Gasteiger partial charge in [-0.1, -0.05) is 13.3 Å². The SMILES string of the molecule is CC(CN1CCCCC1)CN1CCN(C)CC1. The molecule has 2 saturated heterocycles. The largest absolute Gasteiger partial charge is 0.304 e. The van der Waals surface area contributed by atoms with Crippen molar-refractivity contribution in [1.82, 2.24) is 14.7 Å². The number of likely N-dealkylation sites (N-methyl/N-ethyl adjacent to an activating group) is 1. The van der Waals surface area contributed by atoms with Crippen molar-refractivity contribution in [1.29, 1.82) is 0 Å². The van der Waals surface area contributed by atoms with Crippen molar-refractivity contribution in [3.05, 3.63) is 0 Å². The van der Waals surface area contributed by atoms with Gasteiger partial charge in [0.05, 0.1) is 0 Å². The van der Waals surface area contributed by atoms with E-state index in [9.17, 15) is 0 Å². The van der Waals surface area contributed by atoms with Crippen LogP contribution in [0.3, 0.4) is 0 Å². The third kappa shape index (κ3) is 4.57. The Balaban J connectivity index is 1.64. The fourth-order valence-corrected chi connectivity index (χ4v) is 3.11. The second-order valence-corrected chi connectivity index (χ2v) is 6.07. The first kappa shape index (κ1) is 13.3. The van der Waals surface area contributed by atoms with Crippen LogP contribution in [0, 0.1) is 5.92 Å². The normalized spacial score (nSPS) is 27.2. The van der Waals surface area contributed by atoms with Gasteiger partial charge in [0, 0.05) is 39.3 Å². The van der Waals surface area contributed by atoms with Crippen LogP contribution in [0.2, 0.25) is 0 Å². The van der Waals surface area contributed by atoms with E-state index in [-0.39, 0.29) is 0 Å². The van der Waals surface area contributed by atoms with E-state index >= 15 is 0 Å². The quantitative estimate of drug-likeness (QED) is 0.733. The van der Waals surface area contributed by atoms with Crippen LogP contribution in [0.5, 0.6) is 0 Å². The van der Waals surface area contributed by atoms with Crippen LogP contribution in [0.25, 0.3) is 0 Å². The molecule has 2 aliphatic rings. The van der Waals surface area contributed by atoms with Crippen LogP contribution in [-0.4, -0.2) is 74.1 Å². The maximum absolute atomic E-state index is 2.67. The van der Waals surface area contributed by atoms with E-state index in [0.29, 0.717) is 0 Å². The molecule has 3 nitrogen and oxygen atoms in total. The maximum atomic E-state index is 2.67. The molecule has 0 spiro atoms. The Morgan fingerprint density at radius 1 is 0.765 bits per heavy atom. The summed E-state index contributed by atoms with van der Waals surface area (Å²) in [6.07, 6.45) is 4.28. The Morgan fingerprint density at radius 3 is 1.88 bits per heavy atom. The summed E-state index contributed by atoms with van der Waals surface area (Å²) in [5.41, 5.74) is 0. The molecule has 3 heteroatoms. The molecule has 1 unspecified atom stereocenters.